The molecule has 0 aliphatic heterocycles. The molecule has 128 valence electrons. The molecule has 3 rings (SSSR count). The van der Waals surface area contributed by atoms with Gasteiger partial charge >= 0.3 is 0 Å². The molecule has 3 aromatic rings. The van der Waals surface area contributed by atoms with Crippen LogP contribution in [-0.2, 0) is 0 Å². The Bertz CT molecular complexity index is 762. The Kier molecular flexibility index (Phi) is 7.19. The van der Waals surface area contributed by atoms with E-state index in [4.69, 9.17) is 0 Å². The maximum Gasteiger partial charge on any atom is 0.246 e. The number of benzene rings is 2. The van der Waals surface area contributed by atoms with Crippen molar-refractivity contribution in [3.05, 3.63) is 92.2 Å². The van der Waals surface area contributed by atoms with Crippen molar-refractivity contribution in [3.63, 3.8) is 0 Å². The molecule has 0 bridgehead atoms. The maximum absolute atomic E-state index is 3.75. The summed E-state index contributed by atoms with van der Waals surface area (Å²) in [4.78, 5) is 5.07. The van der Waals surface area contributed by atoms with Crippen LogP contribution < -0.4 is 9.47 Å². The van der Waals surface area contributed by atoms with Crippen molar-refractivity contribution in [1.82, 2.24) is 4.98 Å². The molecule has 4 heteroatoms. The fourth-order valence-corrected chi connectivity index (χ4v) is 2.26. The molecule has 0 atom stereocenters. The smallest absolute Gasteiger partial charge is 0.246 e. The minimum atomic E-state index is 0.931. The van der Waals surface area contributed by atoms with Crippen LogP contribution in [0.4, 0.5) is 5.69 Å². The lowest BCUT2D eigenvalue weighted by Gasteiger charge is -2.07. The second-order valence-electron chi connectivity index (χ2n) is 5.43. The normalized spacial score (nSPS) is 10.6. The summed E-state index contributed by atoms with van der Waals surface area (Å²) in [5.74, 6) is 0. The molecule has 0 fully saturated rings. The number of H-pyrrole nitrogens is 1. The average Bonchev–Trinajstić information content (AvgIpc) is 3.23. The van der Waals surface area contributed by atoms with E-state index in [-0.39, 0.29) is 0 Å². The summed E-state index contributed by atoms with van der Waals surface area (Å²) < 4.78 is 4.06. The molecule has 0 aliphatic rings. The Morgan fingerprint density at radius 2 is 1.72 bits per heavy atom. The molecule has 0 amide bonds. The van der Waals surface area contributed by atoms with E-state index < -0.39 is 0 Å². The highest BCUT2D eigenvalue weighted by atomic mass is 15.2. The van der Waals surface area contributed by atoms with E-state index in [0.29, 0.717) is 0 Å². The molecule has 25 heavy (non-hydrogen) atoms. The van der Waals surface area contributed by atoms with E-state index in [1.807, 2.05) is 83.8 Å². The summed E-state index contributed by atoms with van der Waals surface area (Å²) in [6.07, 6.45) is 9.64. The third-order valence-electron chi connectivity index (χ3n) is 3.68. The van der Waals surface area contributed by atoms with Crippen molar-refractivity contribution in [2.45, 2.75) is 6.92 Å². The lowest BCUT2D eigenvalue weighted by molar-refractivity contribution is -0.594. The highest BCUT2D eigenvalue weighted by Crippen LogP contribution is 2.08. The van der Waals surface area contributed by atoms with Crippen LogP contribution in [0, 0.1) is 0 Å². The van der Waals surface area contributed by atoms with Crippen LogP contribution in [0.3, 0.4) is 0 Å². The lowest BCUT2D eigenvalue weighted by atomic mass is 10.3. The predicted molar refractivity (Wildman–Crippen MR) is 104 cm³/mol. The molecule has 0 saturated carbocycles. The number of aromatic amines is 1. The molecule has 1 aromatic heterocycles. The number of aromatic nitrogens is 2. The number of nitrogens with one attached hydrogen (secondary N) is 1. The molecule has 1 N–H and O–H groups in total. The summed E-state index contributed by atoms with van der Waals surface area (Å²) in [6, 6.07) is 20.4. The first-order chi connectivity index (χ1) is 12.2. The molecule has 0 spiro atoms. The highest BCUT2D eigenvalue weighted by Gasteiger charge is 2.03. The Morgan fingerprint density at radius 1 is 1.08 bits per heavy atom. The van der Waals surface area contributed by atoms with E-state index in [2.05, 4.69) is 47.7 Å². The lowest BCUT2D eigenvalue weighted by Crippen LogP contribution is -2.26. The van der Waals surface area contributed by atoms with Gasteiger partial charge in [0.2, 0.25) is 12.7 Å². The van der Waals surface area contributed by atoms with Gasteiger partial charge in [-0.25, -0.2) is 19.0 Å². The van der Waals surface area contributed by atoms with Gasteiger partial charge < -0.3 is 0 Å². The Hall–Kier alpha value is -3.14. The highest BCUT2D eigenvalue weighted by molar-refractivity contribution is 5.74. The Morgan fingerprint density at radius 3 is 2.24 bits per heavy atom. The van der Waals surface area contributed by atoms with E-state index in [9.17, 15) is 0 Å². The fourth-order valence-electron chi connectivity index (χ4n) is 2.26. The van der Waals surface area contributed by atoms with Crippen LogP contribution >= 0.6 is 0 Å². The molecule has 0 aliphatic carbocycles. The van der Waals surface area contributed by atoms with Gasteiger partial charge in [0, 0.05) is 0 Å². The third kappa shape index (κ3) is 5.77. The number of para-hydroxylation sites is 2. The van der Waals surface area contributed by atoms with Gasteiger partial charge in [-0.05, 0) is 31.2 Å². The zero-order valence-corrected chi connectivity index (χ0v) is 14.9. The first kappa shape index (κ1) is 18.2. The topological polar surface area (TPSA) is 25.9 Å². The number of anilines is 1. The van der Waals surface area contributed by atoms with Gasteiger partial charge in [0.05, 0.1) is 19.8 Å². The Labute approximate surface area is 150 Å². The number of hydrogen-bond acceptors (Lipinski definition) is 0. The quantitative estimate of drug-likeness (QED) is 0.430. The van der Waals surface area contributed by atoms with Gasteiger partial charge in [-0.15, -0.1) is 0 Å². The molecule has 0 saturated heterocycles. The molecular formula is C21H26N4+2. The van der Waals surface area contributed by atoms with Crippen molar-refractivity contribution < 1.29 is 9.14 Å². The second-order valence-corrected chi connectivity index (χ2v) is 5.43. The molecule has 2 aromatic carbocycles. The molecule has 4 nitrogen and oxygen atoms in total. The van der Waals surface area contributed by atoms with Crippen molar-refractivity contribution in [3.8, 4) is 5.69 Å². The van der Waals surface area contributed by atoms with Crippen molar-refractivity contribution in [1.29, 1.82) is 0 Å². The fraction of sp³-hybridized carbons (Fsp3) is 0.143. The maximum atomic E-state index is 3.75. The number of imidazole rings is 1. The minimum Gasteiger partial charge on any atom is -0.250 e. The molecule has 0 unspecified atom stereocenters. The minimum absolute atomic E-state index is 0.931. The average molecular weight is 334 g/mol. The monoisotopic (exact) mass is 334 g/mol. The third-order valence-corrected chi connectivity index (χ3v) is 3.68. The predicted octanol–water partition coefficient (Wildman–Crippen LogP) is 3.62. The van der Waals surface area contributed by atoms with Crippen LogP contribution in [0.15, 0.2) is 92.2 Å². The van der Waals surface area contributed by atoms with Crippen LogP contribution in [0.5, 0.6) is 0 Å². The zero-order valence-electron chi connectivity index (χ0n) is 14.9. The summed E-state index contributed by atoms with van der Waals surface area (Å²) in [6.45, 7) is 6.77. The largest absolute Gasteiger partial charge is 0.250 e. The van der Waals surface area contributed by atoms with E-state index in [1.54, 1.807) is 0 Å². The molecule has 1 heterocycles. The first-order valence-electron chi connectivity index (χ1n) is 8.35. The second kappa shape index (κ2) is 9.88. The standard InChI is InChI=1S/C12H17N2.C9H8N2/c1-4-14(5-2)11-13(3)12-9-7-6-8-10-12;1-2-4-9(5-3-1)11-7-6-10-8-11/h4,6-11H,1,5H2,2-3H3;1-8H/q+1;/p+1. The van der Waals surface area contributed by atoms with Gasteiger partial charge in [0.25, 0.3) is 0 Å². The van der Waals surface area contributed by atoms with Gasteiger partial charge in [0.15, 0.2) is 0 Å². The van der Waals surface area contributed by atoms with Crippen molar-refractivity contribution in [2.24, 2.45) is 0 Å². The Balaban J connectivity index is 0.000000185. The summed E-state index contributed by atoms with van der Waals surface area (Å²) >= 11 is 0. The van der Waals surface area contributed by atoms with Gasteiger partial charge in [-0.1, -0.05) is 43.0 Å². The van der Waals surface area contributed by atoms with Crippen LogP contribution in [0.1, 0.15) is 6.92 Å². The first-order valence-corrected chi connectivity index (χ1v) is 8.35. The number of rotatable bonds is 5. The summed E-state index contributed by atoms with van der Waals surface area (Å²) in [7, 11) is 2.03. The van der Waals surface area contributed by atoms with Crippen LogP contribution in [0.2, 0.25) is 0 Å². The summed E-state index contributed by atoms with van der Waals surface area (Å²) in [5, 5.41) is 0. The van der Waals surface area contributed by atoms with Crippen molar-refractivity contribution >= 4 is 12.0 Å². The molecular weight excluding hydrogens is 308 g/mol. The van der Waals surface area contributed by atoms with E-state index >= 15 is 0 Å². The van der Waals surface area contributed by atoms with Gasteiger partial charge in [-0.3, -0.25) is 0 Å². The van der Waals surface area contributed by atoms with Crippen LogP contribution in [0.25, 0.3) is 5.69 Å². The number of hydrogen-bond donors (Lipinski definition) is 1. The van der Waals surface area contributed by atoms with Crippen LogP contribution in [-0.4, -0.2) is 29.5 Å². The number of nitrogens with zero attached hydrogens (tertiary/aromatic N) is 3. The molecule has 0 radical (unpaired) electrons. The SMILES string of the molecule is C=C[N+](=CN(C)c1ccccc1)CC.c1ccc(-[n+]2cc[nH]c2)cc1. The van der Waals surface area contributed by atoms with Gasteiger partial charge in [0.1, 0.15) is 23.8 Å². The zero-order chi connectivity index (χ0) is 17.9. The van der Waals surface area contributed by atoms with E-state index in [0.717, 1.165) is 6.54 Å². The van der Waals surface area contributed by atoms with Gasteiger partial charge in [-0.2, -0.15) is 0 Å². The van der Waals surface area contributed by atoms with E-state index in [1.165, 1.54) is 11.4 Å². The van der Waals surface area contributed by atoms with Crippen molar-refractivity contribution in [2.75, 3.05) is 18.5 Å². The summed E-state index contributed by atoms with van der Waals surface area (Å²) in [5.41, 5.74) is 2.35.